The molecule has 0 N–H and O–H groups in total. The van der Waals surface area contributed by atoms with Gasteiger partial charge < -0.3 is 4.90 Å². The molecule has 0 saturated carbocycles. The van der Waals surface area contributed by atoms with Gasteiger partial charge in [0.15, 0.2) is 0 Å². The Labute approximate surface area is 204 Å². The Morgan fingerprint density at radius 3 is 2.14 bits per heavy atom. The fraction of sp³-hybridized carbons (Fsp3) is 0.121. The van der Waals surface area contributed by atoms with Crippen LogP contribution in [-0.4, -0.2) is 4.98 Å². The third kappa shape index (κ3) is 2.27. The first-order valence-corrected chi connectivity index (χ1v) is 12.6. The summed E-state index contributed by atoms with van der Waals surface area (Å²) in [7, 11) is 0. The molecule has 0 fully saturated rings. The molecule has 0 radical (unpaired) electrons. The van der Waals surface area contributed by atoms with E-state index in [4.69, 9.17) is 0 Å². The zero-order valence-corrected chi connectivity index (χ0v) is 19.3. The van der Waals surface area contributed by atoms with Crippen molar-refractivity contribution in [1.82, 2.24) is 4.98 Å². The maximum absolute atomic E-state index is 4.44. The van der Waals surface area contributed by atoms with E-state index in [1.54, 1.807) is 0 Å². The van der Waals surface area contributed by atoms with Gasteiger partial charge in [0.1, 0.15) is 0 Å². The molecule has 0 spiro atoms. The molecule has 1 aromatic heterocycles. The first kappa shape index (κ1) is 18.2. The van der Waals surface area contributed by atoms with Gasteiger partial charge >= 0.3 is 0 Å². The summed E-state index contributed by atoms with van der Waals surface area (Å²) >= 11 is 0. The number of pyridine rings is 1. The molecule has 0 atom stereocenters. The molecule has 0 bridgehead atoms. The largest absolute Gasteiger partial charge is 0.309 e. The molecule has 35 heavy (non-hydrogen) atoms. The van der Waals surface area contributed by atoms with Crippen LogP contribution in [0.2, 0.25) is 0 Å². The number of anilines is 3. The lowest BCUT2D eigenvalue weighted by atomic mass is 9.85. The van der Waals surface area contributed by atoms with E-state index >= 15 is 0 Å². The van der Waals surface area contributed by atoms with Crippen LogP contribution in [0.4, 0.5) is 17.1 Å². The van der Waals surface area contributed by atoms with Crippen LogP contribution in [0.15, 0.2) is 85.2 Å². The number of aromatic nitrogens is 1. The maximum atomic E-state index is 4.44. The summed E-state index contributed by atoms with van der Waals surface area (Å²) in [6.07, 6.45) is 8.02. The molecule has 4 aliphatic rings. The predicted octanol–water partition coefficient (Wildman–Crippen LogP) is 7.50. The summed E-state index contributed by atoms with van der Waals surface area (Å²) < 4.78 is 0. The van der Waals surface area contributed by atoms with Crippen LogP contribution >= 0.6 is 0 Å². The first-order valence-electron chi connectivity index (χ1n) is 12.6. The van der Waals surface area contributed by atoms with Crippen LogP contribution in [0.1, 0.15) is 44.5 Å². The minimum atomic E-state index is 0.960. The Morgan fingerprint density at radius 2 is 1.26 bits per heavy atom. The monoisotopic (exact) mass is 446 g/mol. The Kier molecular flexibility index (Phi) is 3.27. The number of fused-ring (bicyclic) bond motifs is 11. The van der Waals surface area contributed by atoms with Crippen molar-refractivity contribution >= 4 is 17.1 Å². The molecular weight excluding hydrogens is 424 g/mol. The number of rotatable bonds is 0. The third-order valence-corrected chi connectivity index (χ3v) is 8.62. The normalized spacial score (nSPS) is 14.9. The summed E-state index contributed by atoms with van der Waals surface area (Å²) in [5.74, 6) is 0. The SMILES string of the molecule is c1ccc2c(c1)Cc1c-2ccc2c1Cc1cc3c(cc1-2)Cc1cccc2c1N3c1ccncc1C2. The van der Waals surface area contributed by atoms with Crippen molar-refractivity contribution in [2.45, 2.75) is 25.7 Å². The van der Waals surface area contributed by atoms with Crippen LogP contribution in [0.25, 0.3) is 22.3 Å². The van der Waals surface area contributed by atoms with E-state index in [0.29, 0.717) is 0 Å². The van der Waals surface area contributed by atoms with Gasteiger partial charge in [-0.25, -0.2) is 0 Å². The van der Waals surface area contributed by atoms with Gasteiger partial charge in [-0.1, -0.05) is 54.6 Å². The van der Waals surface area contributed by atoms with Gasteiger partial charge in [-0.3, -0.25) is 4.98 Å². The molecular formula is C33H22N2. The van der Waals surface area contributed by atoms with E-state index in [1.165, 1.54) is 83.8 Å². The van der Waals surface area contributed by atoms with Crippen molar-refractivity contribution in [2.24, 2.45) is 0 Å². The predicted molar refractivity (Wildman–Crippen MR) is 141 cm³/mol. The number of benzene rings is 4. The van der Waals surface area contributed by atoms with Gasteiger partial charge in [-0.05, 0) is 97.8 Å². The molecule has 0 unspecified atom stereocenters. The molecule has 0 amide bonds. The van der Waals surface area contributed by atoms with Gasteiger partial charge in [0.05, 0.1) is 17.1 Å². The second-order valence-electron chi connectivity index (χ2n) is 10.4. The number of nitrogens with zero attached hydrogens (tertiary/aromatic N) is 2. The first-order chi connectivity index (χ1) is 17.3. The highest BCUT2D eigenvalue weighted by Gasteiger charge is 2.34. The van der Waals surface area contributed by atoms with Crippen LogP contribution < -0.4 is 4.90 Å². The maximum Gasteiger partial charge on any atom is 0.0532 e. The average molecular weight is 447 g/mol. The van der Waals surface area contributed by atoms with Crippen LogP contribution in [0.5, 0.6) is 0 Å². The van der Waals surface area contributed by atoms with Crippen molar-refractivity contribution < 1.29 is 0 Å². The van der Waals surface area contributed by atoms with E-state index in [0.717, 1.165) is 25.7 Å². The number of para-hydroxylation sites is 1. The Balaban J connectivity index is 1.24. The van der Waals surface area contributed by atoms with E-state index in [-0.39, 0.29) is 0 Å². The molecule has 4 aromatic carbocycles. The van der Waals surface area contributed by atoms with Gasteiger partial charge in [-0.2, -0.15) is 0 Å². The zero-order valence-electron chi connectivity index (χ0n) is 19.3. The molecule has 3 heterocycles. The van der Waals surface area contributed by atoms with Crippen molar-refractivity contribution in [3.8, 4) is 22.3 Å². The lowest BCUT2D eigenvalue weighted by molar-refractivity contribution is 0.998. The Hall–Kier alpha value is -4.17. The summed E-state index contributed by atoms with van der Waals surface area (Å²) in [6, 6.07) is 27.7. The van der Waals surface area contributed by atoms with E-state index in [2.05, 4.69) is 82.7 Å². The number of hydrogen-bond acceptors (Lipinski definition) is 2. The molecule has 2 aliphatic heterocycles. The summed E-state index contributed by atoms with van der Waals surface area (Å²) in [5.41, 5.74) is 21.3. The highest BCUT2D eigenvalue weighted by molar-refractivity contribution is 5.93. The summed E-state index contributed by atoms with van der Waals surface area (Å²) in [6.45, 7) is 0. The van der Waals surface area contributed by atoms with Crippen LogP contribution in [0.3, 0.4) is 0 Å². The third-order valence-electron chi connectivity index (χ3n) is 8.62. The second kappa shape index (κ2) is 6.28. The van der Waals surface area contributed by atoms with E-state index < -0.39 is 0 Å². The minimum Gasteiger partial charge on any atom is -0.309 e. The molecule has 164 valence electrons. The van der Waals surface area contributed by atoms with Crippen LogP contribution in [-0.2, 0) is 25.7 Å². The van der Waals surface area contributed by atoms with Crippen molar-refractivity contribution in [3.05, 3.63) is 130 Å². The highest BCUT2D eigenvalue weighted by Crippen LogP contribution is 2.53. The molecule has 0 saturated heterocycles. The molecule has 2 heteroatoms. The number of hydrogen-bond donors (Lipinski definition) is 0. The fourth-order valence-corrected chi connectivity index (χ4v) is 7.11. The molecule has 5 aromatic rings. The standard InChI is InChI=1S/C33H22N2/c1-2-7-25-19(4-1)14-29-26(25)8-9-27-28-16-23-12-20-5-3-6-21-13-24-18-34-11-10-31(24)35(33(20)21)32(23)17-22(28)15-30(27)29/h1-11,16-18H,12-15H2. The van der Waals surface area contributed by atoms with Gasteiger partial charge in [0.2, 0.25) is 0 Å². The minimum absolute atomic E-state index is 0.960. The lowest BCUT2D eigenvalue weighted by Crippen LogP contribution is -2.24. The lowest BCUT2D eigenvalue weighted by Gasteiger charge is -2.39. The van der Waals surface area contributed by atoms with Gasteiger partial charge in [0.25, 0.3) is 0 Å². The average Bonchev–Trinajstić information content (AvgIpc) is 3.45. The zero-order chi connectivity index (χ0) is 22.7. The fourth-order valence-electron chi connectivity index (χ4n) is 7.11. The molecule has 2 nitrogen and oxygen atoms in total. The van der Waals surface area contributed by atoms with Gasteiger partial charge in [-0.15, -0.1) is 0 Å². The molecule has 9 rings (SSSR count). The van der Waals surface area contributed by atoms with Crippen molar-refractivity contribution in [2.75, 3.05) is 4.90 Å². The molecule has 2 aliphatic carbocycles. The van der Waals surface area contributed by atoms with Gasteiger partial charge in [0, 0.05) is 25.2 Å². The topological polar surface area (TPSA) is 16.1 Å². The smallest absolute Gasteiger partial charge is 0.0532 e. The Bertz CT molecular complexity index is 1760. The van der Waals surface area contributed by atoms with E-state index in [9.17, 15) is 0 Å². The van der Waals surface area contributed by atoms with E-state index in [1.807, 2.05) is 12.4 Å². The van der Waals surface area contributed by atoms with Crippen molar-refractivity contribution in [1.29, 1.82) is 0 Å². The Morgan fingerprint density at radius 1 is 0.514 bits per heavy atom. The summed E-state index contributed by atoms with van der Waals surface area (Å²) in [4.78, 5) is 6.97. The highest BCUT2D eigenvalue weighted by atomic mass is 15.2. The summed E-state index contributed by atoms with van der Waals surface area (Å²) in [5, 5.41) is 0. The van der Waals surface area contributed by atoms with Crippen LogP contribution in [0, 0.1) is 0 Å². The van der Waals surface area contributed by atoms with Crippen molar-refractivity contribution in [3.63, 3.8) is 0 Å². The second-order valence-corrected chi connectivity index (χ2v) is 10.4. The quantitative estimate of drug-likeness (QED) is 0.240.